The summed E-state index contributed by atoms with van der Waals surface area (Å²) in [7, 11) is 1.32. The summed E-state index contributed by atoms with van der Waals surface area (Å²) in [4.78, 5) is 23.2. The molecular weight excluding hydrogens is 396 g/mol. The van der Waals surface area contributed by atoms with Crippen molar-refractivity contribution in [3.63, 3.8) is 0 Å². The first-order chi connectivity index (χ1) is 14.4. The molecule has 3 aromatic rings. The van der Waals surface area contributed by atoms with E-state index in [-0.39, 0.29) is 17.5 Å². The highest BCUT2D eigenvalue weighted by molar-refractivity contribution is 6.10. The van der Waals surface area contributed by atoms with Gasteiger partial charge in [-0.25, -0.2) is 4.98 Å². The van der Waals surface area contributed by atoms with E-state index in [0.29, 0.717) is 41.3 Å². The summed E-state index contributed by atoms with van der Waals surface area (Å²) in [5, 5.41) is 4.22. The molecule has 4 rings (SSSR count). The minimum atomic E-state index is -3.01. The van der Waals surface area contributed by atoms with Gasteiger partial charge in [-0.2, -0.15) is 13.9 Å². The van der Waals surface area contributed by atoms with Crippen molar-refractivity contribution in [3.05, 3.63) is 47.5 Å². The van der Waals surface area contributed by atoms with Crippen molar-refractivity contribution in [2.24, 2.45) is 0 Å². The normalized spacial score (nSPS) is 13.1. The van der Waals surface area contributed by atoms with E-state index < -0.39 is 6.61 Å². The summed E-state index contributed by atoms with van der Waals surface area (Å²) in [5.41, 5.74) is 3.54. The number of hydrogen-bond acceptors (Lipinski definition) is 6. The lowest BCUT2D eigenvalue weighted by Crippen LogP contribution is -2.22. The molecule has 0 saturated heterocycles. The Kier molecular flexibility index (Phi) is 5.06. The predicted octanol–water partition coefficient (Wildman–Crippen LogP) is 3.44. The lowest BCUT2D eigenvalue weighted by Gasteiger charge is -2.12. The number of nitrogens with zero attached hydrogens (tertiary/aromatic N) is 5. The van der Waals surface area contributed by atoms with Crippen LogP contribution in [0.2, 0.25) is 0 Å². The molecule has 0 bridgehead atoms. The van der Waals surface area contributed by atoms with Gasteiger partial charge in [0.2, 0.25) is 0 Å². The molecule has 156 valence electrons. The number of carbonyl (C=O) groups excluding carboxylic acids is 1. The molecule has 3 aromatic heterocycles. The monoisotopic (exact) mass is 415 g/mol. The molecule has 1 amide bonds. The second-order valence-corrected chi connectivity index (χ2v) is 6.70. The SMILES string of the molecule is CCn1cc(N2Cc3nc(-c4cnc(OC)c(OC(F)F)c4)cc(C)c3C2=O)cn1. The maximum absolute atomic E-state index is 12.9. The molecule has 0 N–H and O–H groups in total. The molecule has 4 heterocycles. The van der Waals surface area contributed by atoms with Crippen LogP contribution in [0.4, 0.5) is 14.5 Å². The van der Waals surface area contributed by atoms with Crippen molar-refractivity contribution < 1.29 is 23.0 Å². The molecule has 1 aliphatic rings. The van der Waals surface area contributed by atoms with Gasteiger partial charge in [-0.15, -0.1) is 0 Å². The van der Waals surface area contributed by atoms with Crippen LogP contribution in [0.1, 0.15) is 28.5 Å². The number of pyridine rings is 2. The average Bonchev–Trinajstić information content (AvgIpc) is 3.32. The van der Waals surface area contributed by atoms with Crippen molar-refractivity contribution in [3.8, 4) is 22.9 Å². The van der Waals surface area contributed by atoms with Gasteiger partial charge in [0, 0.05) is 24.5 Å². The molecule has 1 aliphatic heterocycles. The number of alkyl halides is 2. The Hall–Kier alpha value is -3.56. The van der Waals surface area contributed by atoms with E-state index in [9.17, 15) is 13.6 Å². The van der Waals surface area contributed by atoms with E-state index in [0.717, 1.165) is 5.56 Å². The van der Waals surface area contributed by atoms with E-state index in [1.165, 1.54) is 19.4 Å². The largest absolute Gasteiger partial charge is 0.478 e. The molecule has 0 aromatic carbocycles. The molecule has 8 nitrogen and oxygen atoms in total. The van der Waals surface area contributed by atoms with Crippen LogP contribution in [0.15, 0.2) is 30.7 Å². The summed E-state index contributed by atoms with van der Waals surface area (Å²) in [5.74, 6) is -0.382. The summed E-state index contributed by atoms with van der Waals surface area (Å²) >= 11 is 0. The smallest absolute Gasteiger partial charge is 0.387 e. The third-order valence-corrected chi connectivity index (χ3v) is 4.84. The van der Waals surface area contributed by atoms with E-state index in [1.54, 1.807) is 28.0 Å². The number of carbonyl (C=O) groups is 1. The Morgan fingerprint density at radius 3 is 2.73 bits per heavy atom. The van der Waals surface area contributed by atoms with Crippen LogP contribution >= 0.6 is 0 Å². The lowest BCUT2D eigenvalue weighted by molar-refractivity contribution is -0.0515. The highest BCUT2D eigenvalue weighted by atomic mass is 19.3. The Bertz CT molecular complexity index is 1120. The van der Waals surface area contributed by atoms with Gasteiger partial charge in [0.25, 0.3) is 11.8 Å². The molecule has 0 aliphatic carbocycles. The Morgan fingerprint density at radius 2 is 2.07 bits per heavy atom. The number of anilines is 1. The fourth-order valence-corrected chi connectivity index (χ4v) is 3.43. The van der Waals surface area contributed by atoms with E-state index in [4.69, 9.17) is 4.74 Å². The molecule has 10 heteroatoms. The van der Waals surface area contributed by atoms with Crippen molar-refractivity contribution in [1.82, 2.24) is 19.7 Å². The van der Waals surface area contributed by atoms with Gasteiger partial charge in [0.1, 0.15) is 0 Å². The van der Waals surface area contributed by atoms with Crippen LogP contribution < -0.4 is 14.4 Å². The first-order valence-corrected chi connectivity index (χ1v) is 9.25. The Labute approximate surface area is 171 Å². The van der Waals surface area contributed by atoms with Gasteiger partial charge in [-0.05, 0) is 31.5 Å². The fraction of sp³-hybridized carbons (Fsp3) is 0.300. The van der Waals surface area contributed by atoms with Crippen LogP contribution in [0, 0.1) is 6.92 Å². The molecule has 30 heavy (non-hydrogen) atoms. The summed E-state index contributed by atoms with van der Waals surface area (Å²) in [6, 6.07) is 3.12. The average molecular weight is 415 g/mol. The Morgan fingerprint density at radius 1 is 1.27 bits per heavy atom. The zero-order chi connectivity index (χ0) is 21.4. The standard InChI is InChI=1S/C20H19F2N5O3/c1-4-26-9-13(8-24-26)27-10-15-17(19(27)28)11(2)5-14(25-15)12-6-16(30-20(21)22)18(29-3)23-7-12/h5-9,20H,4,10H2,1-3H3. The molecule has 0 fully saturated rings. The molecule has 0 spiro atoms. The zero-order valence-corrected chi connectivity index (χ0v) is 16.6. The molecule has 0 saturated carbocycles. The number of rotatable bonds is 6. The summed E-state index contributed by atoms with van der Waals surface area (Å²) in [6.07, 6.45) is 4.91. The molecule has 0 atom stereocenters. The first kappa shape index (κ1) is 19.7. The van der Waals surface area contributed by atoms with Crippen molar-refractivity contribution in [2.75, 3.05) is 12.0 Å². The minimum absolute atomic E-state index is 0.0498. The number of aromatic nitrogens is 4. The lowest BCUT2D eigenvalue weighted by atomic mass is 10.1. The van der Waals surface area contributed by atoms with Gasteiger partial charge >= 0.3 is 6.61 Å². The minimum Gasteiger partial charge on any atom is -0.478 e. The maximum Gasteiger partial charge on any atom is 0.387 e. The number of fused-ring (bicyclic) bond motifs is 1. The van der Waals surface area contributed by atoms with E-state index in [2.05, 4.69) is 19.8 Å². The van der Waals surface area contributed by atoms with Crippen LogP contribution in [-0.2, 0) is 13.1 Å². The summed E-state index contributed by atoms with van der Waals surface area (Å²) < 4.78 is 36.7. The van der Waals surface area contributed by atoms with Crippen LogP contribution in [-0.4, -0.2) is 39.4 Å². The van der Waals surface area contributed by atoms with Crippen molar-refractivity contribution in [1.29, 1.82) is 0 Å². The predicted molar refractivity (Wildman–Crippen MR) is 104 cm³/mol. The number of methoxy groups -OCH3 is 1. The fourth-order valence-electron chi connectivity index (χ4n) is 3.43. The summed E-state index contributed by atoms with van der Waals surface area (Å²) in [6.45, 7) is 1.76. The second-order valence-electron chi connectivity index (χ2n) is 6.70. The quantitative estimate of drug-likeness (QED) is 0.613. The van der Waals surface area contributed by atoms with Crippen molar-refractivity contribution >= 4 is 11.6 Å². The van der Waals surface area contributed by atoms with Crippen LogP contribution in [0.3, 0.4) is 0 Å². The van der Waals surface area contributed by atoms with E-state index >= 15 is 0 Å². The molecule has 0 radical (unpaired) electrons. The maximum atomic E-state index is 12.9. The second kappa shape index (κ2) is 7.69. The highest BCUT2D eigenvalue weighted by Gasteiger charge is 2.32. The number of ether oxygens (including phenoxy) is 2. The van der Waals surface area contributed by atoms with Gasteiger partial charge in [-0.1, -0.05) is 0 Å². The topological polar surface area (TPSA) is 82.4 Å². The number of amides is 1. The highest BCUT2D eigenvalue weighted by Crippen LogP contribution is 2.34. The van der Waals surface area contributed by atoms with Crippen LogP contribution in [0.25, 0.3) is 11.3 Å². The number of hydrogen-bond donors (Lipinski definition) is 0. The number of aryl methyl sites for hydroxylation is 2. The van der Waals surface area contributed by atoms with E-state index in [1.807, 2.05) is 13.8 Å². The Balaban J connectivity index is 1.71. The molecular formula is C20H19F2N5O3. The van der Waals surface area contributed by atoms with Crippen LogP contribution in [0.5, 0.6) is 11.6 Å². The third kappa shape index (κ3) is 3.44. The third-order valence-electron chi connectivity index (χ3n) is 4.84. The van der Waals surface area contributed by atoms with Gasteiger partial charge in [0.15, 0.2) is 5.75 Å². The van der Waals surface area contributed by atoms with Gasteiger partial charge in [-0.3, -0.25) is 19.4 Å². The van der Waals surface area contributed by atoms with Crippen molar-refractivity contribution in [2.45, 2.75) is 33.5 Å². The first-order valence-electron chi connectivity index (χ1n) is 9.25. The molecule has 0 unspecified atom stereocenters. The van der Waals surface area contributed by atoms with Gasteiger partial charge < -0.3 is 9.47 Å². The van der Waals surface area contributed by atoms with Gasteiger partial charge in [0.05, 0.1) is 42.5 Å². The zero-order valence-electron chi connectivity index (χ0n) is 16.6. The number of halogens is 2.